The second kappa shape index (κ2) is 24.4. The smallest absolute Gasteiger partial charge is 0.329 e. The molecule has 2 N–H and O–H groups in total. The molecule has 0 aliphatic rings. The van der Waals surface area contributed by atoms with Gasteiger partial charge in [-0.3, -0.25) is 19.2 Å². The SMILES string of the molecule is CC(C)(C)OC(=O)C[C@@H](NC(=O)c1ccc(OCc2ccccc2)cc1OCCOc1cc(OCc2ccccc2)ccc1C(=O)N[C@H](CC(=O)OC(C)(C)C)C(=O)OC(C)(C)C)C(=O)OC(C)(C)C. The monoisotopic (exact) mass is 968 g/mol. The van der Waals surface area contributed by atoms with Crippen LogP contribution in [-0.4, -0.2) is 83.4 Å². The molecule has 0 unspecified atom stereocenters. The average Bonchev–Trinajstić information content (AvgIpc) is 3.24. The van der Waals surface area contributed by atoms with Gasteiger partial charge in [-0.15, -0.1) is 0 Å². The van der Waals surface area contributed by atoms with Crippen LogP contribution in [0.15, 0.2) is 97.1 Å². The van der Waals surface area contributed by atoms with Crippen LogP contribution in [0.2, 0.25) is 0 Å². The first-order valence-electron chi connectivity index (χ1n) is 23.0. The number of ether oxygens (including phenoxy) is 8. The van der Waals surface area contributed by atoms with Crippen LogP contribution in [0.25, 0.3) is 0 Å². The van der Waals surface area contributed by atoms with Crippen molar-refractivity contribution in [3.05, 3.63) is 119 Å². The van der Waals surface area contributed by atoms with E-state index in [1.165, 1.54) is 24.3 Å². The molecule has 0 aromatic heterocycles. The molecular weight excluding hydrogens is 901 g/mol. The fourth-order valence-electron chi connectivity index (χ4n) is 6.29. The highest BCUT2D eigenvalue weighted by Gasteiger charge is 2.34. The molecule has 0 spiro atoms. The van der Waals surface area contributed by atoms with E-state index in [4.69, 9.17) is 37.9 Å². The van der Waals surface area contributed by atoms with Crippen LogP contribution >= 0.6 is 0 Å². The van der Waals surface area contributed by atoms with Crippen LogP contribution in [0.3, 0.4) is 0 Å². The van der Waals surface area contributed by atoms with E-state index in [0.29, 0.717) is 11.5 Å². The summed E-state index contributed by atoms with van der Waals surface area (Å²) in [5, 5.41) is 5.26. The van der Waals surface area contributed by atoms with E-state index in [-0.39, 0.29) is 49.1 Å². The van der Waals surface area contributed by atoms with Gasteiger partial charge in [0.15, 0.2) is 0 Å². The van der Waals surface area contributed by atoms with Crippen molar-refractivity contribution in [2.24, 2.45) is 0 Å². The number of benzene rings is 4. The van der Waals surface area contributed by atoms with E-state index in [2.05, 4.69) is 10.6 Å². The molecule has 4 aromatic carbocycles. The quantitative estimate of drug-likeness (QED) is 0.0457. The van der Waals surface area contributed by atoms with Crippen LogP contribution in [-0.2, 0) is 51.3 Å². The van der Waals surface area contributed by atoms with Crippen molar-refractivity contribution in [1.82, 2.24) is 10.6 Å². The molecule has 2 atom stereocenters. The summed E-state index contributed by atoms with van der Waals surface area (Å²) in [7, 11) is 0. The molecule has 0 saturated heterocycles. The highest BCUT2D eigenvalue weighted by Crippen LogP contribution is 2.29. The van der Waals surface area contributed by atoms with Gasteiger partial charge >= 0.3 is 23.9 Å². The largest absolute Gasteiger partial charge is 0.489 e. The number of carbonyl (C=O) groups excluding carboxylic acids is 6. The summed E-state index contributed by atoms with van der Waals surface area (Å²) in [5.41, 5.74) is -1.84. The van der Waals surface area contributed by atoms with Crippen LogP contribution in [0.1, 0.15) is 128 Å². The number of hydrogen-bond donors (Lipinski definition) is 2. The zero-order valence-electron chi connectivity index (χ0n) is 42.4. The van der Waals surface area contributed by atoms with Crippen molar-refractivity contribution < 1.29 is 66.7 Å². The van der Waals surface area contributed by atoms with E-state index in [1.807, 2.05) is 60.7 Å². The lowest BCUT2D eigenvalue weighted by Gasteiger charge is -2.26. The minimum Gasteiger partial charge on any atom is -0.489 e. The van der Waals surface area contributed by atoms with Crippen LogP contribution in [0, 0.1) is 0 Å². The lowest BCUT2D eigenvalue weighted by molar-refractivity contribution is -0.164. The van der Waals surface area contributed by atoms with Gasteiger partial charge in [-0.1, -0.05) is 60.7 Å². The van der Waals surface area contributed by atoms with Gasteiger partial charge in [-0.05, 0) is 118 Å². The summed E-state index contributed by atoms with van der Waals surface area (Å²) in [6.45, 7) is 20.1. The van der Waals surface area contributed by atoms with E-state index < -0.39 is 83.0 Å². The standard InChI is InChI=1S/C54H68N2O14/c1-51(2,3)67-45(57)31-41(49(61)69-53(7,8)9)55-47(59)39-25-23-37(65-33-35-19-15-13-16-20-35)29-43(39)63-27-28-64-44-30-38(66-34-36-21-17-14-18-22-36)24-26-40(44)48(60)56-42(50(62)70-54(10,11)12)32-46(58)68-52(4,5)6/h13-26,29-30,41-42H,27-28,31-34H2,1-12H3,(H,55,59)(H,56,60)/t41-,42-/m1/s1. The minimum absolute atomic E-state index is 0.0145. The summed E-state index contributed by atoms with van der Waals surface area (Å²) >= 11 is 0. The van der Waals surface area contributed by atoms with E-state index in [1.54, 1.807) is 95.2 Å². The van der Waals surface area contributed by atoms with Crippen LogP contribution in [0.5, 0.6) is 23.0 Å². The van der Waals surface area contributed by atoms with Gasteiger partial charge in [0.2, 0.25) is 0 Å². The highest BCUT2D eigenvalue weighted by atomic mass is 16.6. The van der Waals surface area contributed by atoms with Crippen molar-refractivity contribution in [3.8, 4) is 23.0 Å². The maximum Gasteiger partial charge on any atom is 0.329 e. The van der Waals surface area contributed by atoms with Crippen molar-refractivity contribution in [2.75, 3.05) is 13.2 Å². The van der Waals surface area contributed by atoms with Gasteiger partial charge < -0.3 is 48.5 Å². The fraction of sp³-hybridized carbons (Fsp3) is 0.444. The molecule has 4 rings (SSSR count). The van der Waals surface area contributed by atoms with E-state index in [9.17, 15) is 28.8 Å². The number of amides is 2. The zero-order valence-corrected chi connectivity index (χ0v) is 42.4. The highest BCUT2D eigenvalue weighted by molar-refractivity contribution is 6.01. The van der Waals surface area contributed by atoms with Gasteiger partial charge in [0.05, 0.1) is 24.0 Å². The summed E-state index contributed by atoms with van der Waals surface area (Å²) in [6.07, 6.45) is -1.02. The second-order valence-corrected chi connectivity index (χ2v) is 20.3. The molecule has 2 amide bonds. The van der Waals surface area contributed by atoms with Crippen molar-refractivity contribution in [1.29, 1.82) is 0 Å². The lowest BCUT2D eigenvalue weighted by Crippen LogP contribution is -2.46. The molecule has 70 heavy (non-hydrogen) atoms. The fourth-order valence-corrected chi connectivity index (χ4v) is 6.29. The molecule has 0 fully saturated rings. The maximum atomic E-state index is 14.1. The summed E-state index contributed by atoms with van der Waals surface area (Å²) in [4.78, 5) is 80.9. The van der Waals surface area contributed by atoms with Gasteiger partial charge in [0.1, 0.15) is 83.9 Å². The van der Waals surface area contributed by atoms with E-state index >= 15 is 0 Å². The normalized spacial score (nSPS) is 12.6. The van der Waals surface area contributed by atoms with E-state index in [0.717, 1.165) is 11.1 Å². The van der Waals surface area contributed by atoms with Crippen molar-refractivity contribution in [3.63, 3.8) is 0 Å². The Balaban J connectivity index is 1.64. The Morgan fingerprint density at radius 2 is 0.757 bits per heavy atom. The average molecular weight is 969 g/mol. The van der Waals surface area contributed by atoms with Crippen molar-refractivity contribution >= 4 is 35.7 Å². The topological polar surface area (TPSA) is 200 Å². The van der Waals surface area contributed by atoms with Crippen LogP contribution < -0.4 is 29.6 Å². The third-order valence-electron chi connectivity index (χ3n) is 9.07. The summed E-state index contributed by atoms with van der Waals surface area (Å²) < 4.78 is 46.5. The van der Waals surface area contributed by atoms with Gasteiger partial charge in [-0.2, -0.15) is 0 Å². The second-order valence-electron chi connectivity index (χ2n) is 20.3. The maximum absolute atomic E-state index is 14.1. The van der Waals surface area contributed by atoms with Gasteiger partial charge in [0, 0.05) is 12.1 Å². The number of carbonyl (C=O) groups is 6. The molecule has 0 radical (unpaired) electrons. The molecule has 0 saturated carbocycles. The molecule has 4 aromatic rings. The number of hydrogen-bond acceptors (Lipinski definition) is 14. The predicted octanol–water partition coefficient (Wildman–Crippen LogP) is 8.65. The number of esters is 4. The Labute approximate surface area is 411 Å². The molecule has 16 heteroatoms. The summed E-state index contributed by atoms with van der Waals surface area (Å²) in [5.74, 6) is -3.91. The molecule has 16 nitrogen and oxygen atoms in total. The molecule has 0 aliphatic carbocycles. The molecule has 0 heterocycles. The van der Waals surface area contributed by atoms with Crippen molar-refractivity contribution in [2.45, 2.75) is 144 Å². The van der Waals surface area contributed by atoms with Gasteiger partial charge in [-0.25, -0.2) is 9.59 Å². The minimum atomic E-state index is -1.42. The Kier molecular flexibility index (Phi) is 19.4. The molecular formula is C54H68N2O14. The Morgan fingerprint density at radius 3 is 1.07 bits per heavy atom. The van der Waals surface area contributed by atoms with Crippen LogP contribution in [0.4, 0.5) is 0 Å². The molecule has 0 bridgehead atoms. The molecule has 378 valence electrons. The Morgan fingerprint density at radius 1 is 0.429 bits per heavy atom. The molecule has 0 aliphatic heterocycles. The zero-order chi connectivity index (χ0) is 51.9. The summed E-state index contributed by atoms with van der Waals surface area (Å²) in [6, 6.07) is 25.1. The Hall–Kier alpha value is -7.10. The van der Waals surface area contributed by atoms with Gasteiger partial charge in [0.25, 0.3) is 11.8 Å². The number of rotatable bonds is 21. The first-order valence-corrected chi connectivity index (χ1v) is 23.0. The first kappa shape index (κ1) is 55.5. The third-order valence-corrected chi connectivity index (χ3v) is 9.07. The predicted molar refractivity (Wildman–Crippen MR) is 261 cm³/mol. The third kappa shape index (κ3) is 20.2. The Bertz CT molecular complexity index is 2240. The first-order chi connectivity index (χ1) is 32.6. The number of nitrogens with one attached hydrogen (secondary N) is 2. The lowest BCUT2D eigenvalue weighted by atomic mass is 10.1.